The summed E-state index contributed by atoms with van der Waals surface area (Å²) in [6, 6.07) is 8.11. The second-order valence-electron chi connectivity index (χ2n) is 7.51. The van der Waals surface area contributed by atoms with E-state index in [-0.39, 0.29) is 23.8 Å². The van der Waals surface area contributed by atoms with Gasteiger partial charge in [-0.05, 0) is 37.7 Å². The third-order valence-corrected chi connectivity index (χ3v) is 5.69. The van der Waals surface area contributed by atoms with E-state index in [0.29, 0.717) is 18.8 Å². The number of amides is 2. The number of piperidine rings is 2. The summed E-state index contributed by atoms with van der Waals surface area (Å²) in [4.78, 5) is 29.2. The molecule has 24 heavy (non-hydrogen) atoms. The van der Waals surface area contributed by atoms with Crippen LogP contribution in [0.15, 0.2) is 24.3 Å². The maximum Gasteiger partial charge on any atom is 0.228 e. The molecular weight excluding hydrogens is 300 g/mol. The summed E-state index contributed by atoms with van der Waals surface area (Å²) in [5.41, 5.74) is 2.26. The molecule has 0 unspecified atom stereocenters. The number of hydrogen-bond acceptors (Lipinski definition) is 2. The Morgan fingerprint density at radius 2 is 1.71 bits per heavy atom. The van der Waals surface area contributed by atoms with Crippen molar-refractivity contribution in [2.24, 2.45) is 11.8 Å². The summed E-state index contributed by atoms with van der Waals surface area (Å²) in [6.45, 7) is 6.02. The Labute approximate surface area is 144 Å². The molecule has 2 saturated heterocycles. The molecule has 1 aromatic rings. The molecule has 2 aliphatic rings. The molecule has 2 heterocycles. The van der Waals surface area contributed by atoms with Gasteiger partial charge in [0, 0.05) is 26.6 Å². The summed E-state index contributed by atoms with van der Waals surface area (Å²) >= 11 is 0. The monoisotopic (exact) mass is 328 g/mol. The average molecular weight is 328 g/mol. The molecule has 0 N–H and O–H groups in total. The Bertz CT molecular complexity index is 603. The Morgan fingerprint density at radius 1 is 1.08 bits per heavy atom. The topological polar surface area (TPSA) is 40.6 Å². The zero-order valence-electron chi connectivity index (χ0n) is 15.0. The van der Waals surface area contributed by atoms with Gasteiger partial charge in [-0.1, -0.05) is 36.8 Å². The van der Waals surface area contributed by atoms with Crippen molar-refractivity contribution in [2.45, 2.75) is 45.6 Å². The molecule has 2 aliphatic heterocycles. The molecule has 0 radical (unpaired) electrons. The van der Waals surface area contributed by atoms with E-state index in [0.717, 1.165) is 31.5 Å². The van der Waals surface area contributed by atoms with Crippen LogP contribution in [0.5, 0.6) is 0 Å². The number of benzene rings is 1. The number of likely N-dealkylation sites (tertiary alicyclic amines) is 2. The summed E-state index contributed by atoms with van der Waals surface area (Å²) in [7, 11) is 1.84. The van der Waals surface area contributed by atoms with Gasteiger partial charge in [0.15, 0.2) is 0 Å². The van der Waals surface area contributed by atoms with Crippen LogP contribution in [0, 0.1) is 18.8 Å². The number of nitrogens with zero attached hydrogens (tertiary/aromatic N) is 2. The summed E-state index contributed by atoms with van der Waals surface area (Å²) in [6.07, 6.45) is 3.30. The maximum atomic E-state index is 13.2. The molecule has 4 heteroatoms. The standard InChI is InChI=1S/C20H28N2O2/c1-14-4-6-16(7-5-14)19-17(8-9-18(23)21(19)3)20(24)22-12-10-15(2)11-13-22/h4-7,15,17,19H,8-13H2,1-3H3/t17-,19+/m1/s1. The fourth-order valence-electron chi connectivity index (χ4n) is 3.98. The van der Waals surface area contributed by atoms with Crippen molar-refractivity contribution >= 4 is 11.8 Å². The van der Waals surface area contributed by atoms with Crippen molar-refractivity contribution in [3.8, 4) is 0 Å². The predicted molar refractivity (Wildman–Crippen MR) is 94.4 cm³/mol. The lowest BCUT2D eigenvalue weighted by atomic mass is 9.83. The van der Waals surface area contributed by atoms with E-state index in [9.17, 15) is 9.59 Å². The highest BCUT2D eigenvalue weighted by atomic mass is 16.2. The van der Waals surface area contributed by atoms with Crippen LogP contribution in [0.1, 0.15) is 49.8 Å². The number of carbonyl (C=O) groups is 2. The smallest absolute Gasteiger partial charge is 0.228 e. The van der Waals surface area contributed by atoms with E-state index in [2.05, 4.69) is 38.1 Å². The number of carbonyl (C=O) groups excluding carboxylic acids is 2. The van der Waals surface area contributed by atoms with Gasteiger partial charge in [-0.2, -0.15) is 0 Å². The lowest BCUT2D eigenvalue weighted by Gasteiger charge is -2.41. The van der Waals surface area contributed by atoms with Gasteiger partial charge in [-0.15, -0.1) is 0 Å². The number of aryl methyl sites for hydroxylation is 1. The van der Waals surface area contributed by atoms with Crippen LogP contribution >= 0.6 is 0 Å². The molecule has 2 atom stereocenters. The molecule has 0 spiro atoms. The minimum atomic E-state index is -0.140. The van der Waals surface area contributed by atoms with Crippen molar-refractivity contribution in [2.75, 3.05) is 20.1 Å². The Balaban J connectivity index is 1.84. The quantitative estimate of drug-likeness (QED) is 0.837. The average Bonchev–Trinajstić information content (AvgIpc) is 2.58. The SMILES string of the molecule is Cc1ccc([C@H]2[C@H](C(=O)N3CCC(C)CC3)CCC(=O)N2C)cc1. The summed E-state index contributed by atoms with van der Waals surface area (Å²) < 4.78 is 0. The third kappa shape index (κ3) is 3.33. The highest BCUT2D eigenvalue weighted by Gasteiger charge is 2.40. The molecule has 0 aliphatic carbocycles. The fraction of sp³-hybridized carbons (Fsp3) is 0.600. The molecule has 1 aromatic carbocycles. The van der Waals surface area contributed by atoms with Crippen LogP contribution in [0.4, 0.5) is 0 Å². The maximum absolute atomic E-state index is 13.2. The van der Waals surface area contributed by atoms with E-state index in [1.165, 1.54) is 5.56 Å². The molecule has 0 saturated carbocycles. The van der Waals surface area contributed by atoms with Crippen LogP contribution in [0.3, 0.4) is 0 Å². The first-order chi connectivity index (χ1) is 11.5. The predicted octanol–water partition coefficient (Wildman–Crippen LogP) is 3.16. The molecule has 3 rings (SSSR count). The van der Waals surface area contributed by atoms with Gasteiger partial charge < -0.3 is 9.80 Å². The van der Waals surface area contributed by atoms with Gasteiger partial charge >= 0.3 is 0 Å². The number of rotatable bonds is 2. The molecule has 4 nitrogen and oxygen atoms in total. The van der Waals surface area contributed by atoms with Crippen molar-refractivity contribution < 1.29 is 9.59 Å². The first-order valence-corrected chi connectivity index (χ1v) is 9.08. The van der Waals surface area contributed by atoms with Crippen molar-refractivity contribution in [1.82, 2.24) is 9.80 Å². The molecule has 130 valence electrons. The Hall–Kier alpha value is -1.84. The first kappa shape index (κ1) is 17.0. The zero-order valence-corrected chi connectivity index (χ0v) is 15.0. The molecular formula is C20H28N2O2. The van der Waals surface area contributed by atoms with E-state index in [1.54, 1.807) is 4.90 Å². The number of hydrogen-bond donors (Lipinski definition) is 0. The van der Waals surface area contributed by atoms with Crippen LogP contribution in [0.2, 0.25) is 0 Å². The van der Waals surface area contributed by atoms with Gasteiger partial charge in [0.2, 0.25) is 11.8 Å². The van der Waals surface area contributed by atoms with Gasteiger partial charge in [0.1, 0.15) is 0 Å². The fourth-order valence-corrected chi connectivity index (χ4v) is 3.98. The van der Waals surface area contributed by atoms with Crippen molar-refractivity contribution in [3.63, 3.8) is 0 Å². The lowest BCUT2D eigenvalue weighted by Crippen LogP contribution is -2.49. The minimum absolute atomic E-state index is 0.121. The lowest BCUT2D eigenvalue weighted by molar-refractivity contribution is -0.147. The van der Waals surface area contributed by atoms with Gasteiger partial charge in [-0.25, -0.2) is 0 Å². The van der Waals surface area contributed by atoms with Gasteiger partial charge in [0.05, 0.1) is 12.0 Å². The summed E-state index contributed by atoms with van der Waals surface area (Å²) in [5.74, 6) is 0.949. The largest absolute Gasteiger partial charge is 0.342 e. The Kier molecular flexibility index (Phi) is 4.93. The van der Waals surface area contributed by atoms with Crippen LogP contribution < -0.4 is 0 Å². The van der Waals surface area contributed by atoms with E-state index in [1.807, 2.05) is 11.9 Å². The van der Waals surface area contributed by atoms with Gasteiger partial charge in [-0.3, -0.25) is 9.59 Å². The molecule has 0 bridgehead atoms. The van der Waals surface area contributed by atoms with E-state index in [4.69, 9.17) is 0 Å². The summed E-state index contributed by atoms with van der Waals surface area (Å²) in [5, 5.41) is 0. The van der Waals surface area contributed by atoms with E-state index < -0.39 is 0 Å². The normalized spacial score (nSPS) is 25.9. The highest BCUT2D eigenvalue weighted by molar-refractivity contribution is 5.85. The van der Waals surface area contributed by atoms with Gasteiger partial charge in [0.25, 0.3) is 0 Å². The van der Waals surface area contributed by atoms with E-state index >= 15 is 0 Å². The highest BCUT2D eigenvalue weighted by Crippen LogP contribution is 2.37. The second-order valence-corrected chi connectivity index (χ2v) is 7.51. The molecule has 2 amide bonds. The van der Waals surface area contributed by atoms with Crippen molar-refractivity contribution in [3.05, 3.63) is 35.4 Å². The minimum Gasteiger partial charge on any atom is -0.342 e. The zero-order chi connectivity index (χ0) is 17.3. The molecule has 0 aromatic heterocycles. The Morgan fingerprint density at radius 3 is 2.33 bits per heavy atom. The van der Waals surface area contributed by atoms with Crippen LogP contribution in [-0.2, 0) is 9.59 Å². The third-order valence-electron chi connectivity index (χ3n) is 5.69. The first-order valence-electron chi connectivity index (χ1n) is 9.08. The molecule has 2 fully saturated rings. The second kappa shape index (κ2) is 6.96. The van der Waals surface area contributed by atoms with Crippen LogP contribution in [-0.4, -0.2) is 41.8 Å². The van der Waals surface area contributed by atoms with Crippen molar-refractivity contribution in [1.29, 1.82) is 0 Å². The van der Waals surface area contributed by atoms with Crippen LogP contribution in [0.25, 0.3) is 0 Å².